The Bertz CT molecular complexity index is 599. The predicted octanol–water partition coefficient (Wildman–Crippen LogP) is 3.10. The van der Waals surface area contributed by atoms with Gasteiger partial charge in [0.1, 0.15) is 12.4 Å². The van der Waals surface area contributed by atoms with Gasteiger partial charge in [0.15, 0.2) is 0 Å². The van der Waals surface area contributed by atoms with E-state index in [0.717, 1.165) is 11.4 Å². The van der Waals surface area contributed by atoms with Crippen molar-refractivity contribution >= 4 is 5.69 Å². The van der Waals surface area contributed by atoms with Gasteiger partial charge in [-0.15, -0.1) is 0 Å². The average molecular weight is 236 g/mol. The Hall–Kier alpha value is -2.47. The van der Waals surface area contributed by atoms with E-state index in [1.807, 2.05) is 42.5 Å². The van der Waals surface area contributed by atoms with Crippen LogP contribution in [0.15, 0.2) is 48.5 Å². The van der Waals surface area contributed by atoms with Crippen LogP contribution in [0.25, 0.3) is 0 Å². The van der Waals surface area contributed by atoms with Crippen molar-refractivity contribution in [3.8, 4) is 11.8 Å². The van der Waals surface area contributed by atoms with E-state index in [4.69, 9.17) is 10.00 Å². The number of hydrogen-bond donors (Lipinski definition) is 1. The third-order valence-corrected chi connectivity index (χ3v) is 3.05. The Morgan fingerprint density at radius 2 is 1.89 bits per heavy atom. The second kappa shape index (κ2) is 4.42. The molecule has 1 heterocycles. The number of fused-ring (bicyclic) bond motifs is 1. The Morgan fingerprint density at radius 1 is 1.11 bits per heavy atom. The van der Waals surface area contributed by atoms with E-state index in [9.17, 15) is 0 Å². The minimum Gasteiger partial charge on any atom is -0.491 e. The van der Waals surface area contributed by atoms with Crippen molar-refractivity contribution in [1.29, 1.82) is 5.26 Å². The molecule has 1 unspecified atom stereocenters. The van der Waals surface area contributed by atoms with Crippen LogP contribution in [-0.2, 0) is 0 Å². The number of benzene rings is 2. The molecular weight excluding hydrogens is 224 g/mol. The molecule has 0 saturated carbocycles. The van der Waals surface area contributed by atoms with E-state index in [1.54, 1.807) is 0 Å². The van der Waals surface area contributed by atoms with Crippen LogP contribution < -0.4 is 10.1 Å². The highest BCUT2D eigenvalue weighted by Crippen LogP contribution is 2.33. The molecule has 0 amide bonds. The zero-order valence-corrected chi connectivity index (χ0v) is 9.76. The zero-order valence-electron chi connectivity index (χ0n) is 9.76. The fourth-order valence-electron chi connectivity index (χ4n) is 2.12. The van der Waals surface area contributed by atoms with Gasteiger partial charge in [0.25, 0.3) is 0 Å². The predicted molar refractivity (Wildman–Crippen MR) is 69.5 cm³/mol. The minimum absolute atomic E-state index is 0.175. The number of nitrogens with one attached hydrogen (secondary N) is 1. The monoisotopic (exact) mass is 236 g/mol. The molecule has 3 nitrogen and oxygen atoms in total. The lowest BCUT2D eigenvalue weighted by atomic mass is 10.1. The van der Waals surface area contributed by atoms with Crippen LogP contribution in [0.5, 0.6) is 5.75 Å². The zero-order chi connectivity index (χ0) is 12.4. The van der Waals surface area contributed by atoms with Crippen LogP contribution in [0.1, 0.15) is 17.2 Å². The smallest absolute Gasteiger partial charge is 0.124 e. The number of rotatable bonds is 2. The molecule has 0 spiro atoms. The van der Waals surface area contributed by atoms with Crippen LogP contribution in [-0.4, -0.2) is 6.61 Å². The van der Waals surface area contributed by atoms with Crippen molar-refractivity contribution in [1.82, 2.24) is 0 Å². The topological polar surface area (TPSA) is 45.0 Å². The van der Waals surface area contributed by atoms with Gasteiger partial charge in [0, 0.05) is 11.3 Å². The van der Waals surface area contributed by atoms with Crippen molar-refractivity contribution in [3.63, 3.8) is 0 Å². The number of hydrogen-bond acceptors (Lipinski definition) is 3. The van der Waals surface area contributed by atoms with Gasteiger partial charge in [-0.3, -0.25) is 0 Å². The van der Waals surface area contributed by atoms with Crippen molar-refractivity contribution in [2.75, 3.05) is 11.9 Å². The summed E-state index contributed by atoms with van der Waals surface area (Å²) in [5.41, 5.74) is 2.85. The molecule has 1 aliphatic rings. The number of para-hydroxylation sites is 1. The second-order valence-corrected chi connectivity index (χ2v) is 4.23. The third-order valence-electron chi connectivity index (χ3n) is 3.05. The maximum absolute atomic E-state index is 8.75. The Balaban J connectivity index is 1.80. The molecule has 3 rings (SSSR count). The summed E-state index contributed by atoms with van der Waals surface area (Å²) in [6.07, 6.45) is 0. The molecule has 2 aromatic carbocycles. The first-order chi connectivity index (χ1) is 8.86. The summed E-state index contributed by atoms with van der Waals surface area (Å²) in [7, 11) is 0. The molecule has 0 radical (unpaired) electrons. The standard InChI is InChI=1S/C15H12N2O/c16-9-11-5-7-12(8-6-11)17-14-10-18-15-4-2-1-3-13(14)15/h1-8,14,17H,10H2. The molecule has 1 atom stereocenters. The molecule has 1 N–H and O–H groups in total. The minimum atomic E-state index is 0.175. The summed E-state index contributed by atoms with van der Waals surface area (Å²) in [6, 6.07) is 17.8. The van der Waals surface area contributed by atoms with Gasteiger partial charge in [0.2, 0.25) is 0 Å². The van der Waals surface area contributed by atoms with Crippen LogP contribution in [0, 0.1) is 11.3 Å². The highest BCUT2D eigenvalue weighted by Gasteiger charge is 2.22. The lowest BCUT2D eigenvalue weighted by molar-refractivity contribution is 0.340. The summed E-state index contributed by atoms with van der Waals surface area (Å²) in [6.45, 7) is 0.638. The van der Waals surface area contributed by atoms with E-state index >= 15 is 0 Å². The summed E-state index contributed by atoms with van der Waals surface area (Å²) in [5, 5.41) is 12.2. The first-order valence-corrected chi connectivity index (χ1v) is 5.85. The molecule has 0 fully saturated rings. The SMILES string of the molecule is N#Cc1ccc(NC2COc3ccccc32)cc1. The maximum atomic E-state index is 8.75. The van der Waals surface area contributed by atoms with Gasteiger partial charge in [-0.05, 0) is 30.3 Å². The third kappa shape index (κ3) is 1.89. The molecule has 0 bridgehead atoms. The van der Waals surface area contributed by atoms with Crippen LogP contribution in [0.2, 0.25) is 0 Å². The summed E-state index contributed by atoms with van der Waals surface area (Å²) in [5.74, 6) is 0.948. The van der Waals surface area contributed by atoms with E-state index in [0.29, 0.717) is 12.2 Å². The van der Waals surface area contributed by atoms with Gasteiger partial charge in [-0.2, -0.15) is 5.26 Å². The summed E-state index contributed by atoms with van der Waals surface area (Å²) in [4.78, 5) is 0. The quantitative estimate of drug-likeness (QED) is 0.871. The highest BCUT2D eigenvalue weighted by molar-refractivity contribution is 5.51. The molecule has 88 valence electrons. The fourth-order valence-corrected chi connectivity index (χ4v) is 2.12. The van der Waals surface area contributed by atoms with Crippen LogP contribution in [0.3, 0.4) is 0 Å². The average Bonchev–Trinajstić information content (AvgIpc) is 2.83. The highest BCUT2D eigenvalue weighted by atomic mass is 16.5. The van der Waals surface area contributed by atoms with Crippen LogP contribution >= 0.6 is 0 Å². The summed E-state index contributed by atoms with van der Waals surface area (Å²) < 4.78 is 5.61. The van der Waals surface area contributed by atoms with E-state index in [2.05, 4.69) is 17.5 Å². The van der Waals surface area contributed by atoms with Gasteiger partial charge in [0.05, 0.1) is 17.7 Å². The Kier molecular flexibility index (Phi) is 2.62. The molecule has 0 aromatic heterocycles. The molecule has 0 aliphatic carbocycles. The maximum Gasteiger partial charge on any atom is 0.124 e. The largest absolute Gasteiger partial charge is 0.491 e. The van der Waals surface area contributed by atoms with Crippen LogP contribution in [0.4, 0.5) is 5.69 Å². The molecule has 0 saturated heterocycles. The number of nitrogens with zero attached hydrogens (tertiary/aromatic N) is 1. The first-order valence-electron chi connectivity index (χ1n) is 5.85. The van der Waals surface area contributed by atoms with E-state index in [-0.39, 0.29) is 6.04 Å². The van der Waals surface area contributed by atoms with Crippen molar-refractivity contribution < 1.29 is 4.74 Å². The van der Waals surface area contributed by atoms with E-state index in [1.165, 1.54) is 5.56 Å². The van der Waals surface area contributed by atoms with Crippen molar-refractivity contribution in [3.05, 3.63) is 59.7 Å². The fraction of sp³-hybridized carbons (Fsp3) is 0.133. The first kappa shape index (κ1) is 10.7. The number of nitriles is 1. The normalized spacial score (nSPS) is 16.5. The summed E-state index contributed by atoms with van der Waals surface area (Å²) >= 11 is 0. The molecule has 2 aromatic rings. The lowest BCUT2D eigenvalue weighted by Gasteiger charge is -2.13. The second-order valence-electron chi connectivity index (χ2n) is 4.23. The Labute approximate surface area is 106 Å². The molecule has 3 heteroatoms. The molecular formula is C15H12N2O. The van der Waals surface area contributed by atoms with Crippen molar-refractivity contribution in [2.24, 2.45) is 0 Å². The van der Waals surface area contributed by atoms with Gasteiger partial charge < -0.3 is 10.1 Å². The number of ether oxygens (including phenoxy) is 1. The van der Waals surface area contributed by atoms with Gasteiger partial charge in [-0.1, -0.05) is 18.2 Å². The number of anilines is 1. The molecule has 1 aliphatic heterocycles. The van der Waals surface area contributed by atoms with Gasteiger partial charge in [-0.25, -0.2) is 0 Å². The van der Waals surface area contributed by atoms with Crippen molar-refractivity contribution in [2.45, 2.75) is 6.04 Å². The lowest BCUT2D eigenvalue weighted by Crippen LogP contribution is -2.11. The Morgan fingerprint density at radius 3 is 2.67 bits per heavy atom. The van der Waals surface area contributed by atoms with E-state index < -0.39 is 0 Å². The van der Waals surface area contributed by atoms with Gasteiger partial charge >= 0.3 is 0 Å². The molecule has 18 heavy (non-hydrogen) atoms.